The fourth-order valence-corrected chi connectivity index (χ4v) is 2.40. The summed E-state index contributed by atoms with van der Waals surface area (Å²) in [6, 6.07) is 0. The van der Waals surface area contributed by atoms with E-state index in [0.29, 0.717) is 5.02 Å². The van der Waals surface area contributed by atoms with Crippen molar-refractivity contribution < 1.29 is 0 Å². The lowest BCUT2D eigenvalue weighted by Crippen LogP contribution is -2.47. The molecule has 0 spiro atoms. The molecule has 17 heavy (non-hydrogen) atoms. The molecule has 0 N–H and O–H groups in total. The molecule has 0 aliphatic carbocycles. The summed E-state index contributed by atoms with van der Waals surface area (Å²) in [6.07, 6.45) is 2.75. The van der Waals surface area contributed by atoms with E-state index >= 15 is 0 Å². The van der Waals surface area contributed by atoms with Gasteiger partial charge in [-0.05, 0) is 24.6 Å². The second kappa shape index (κ2) is 5.85. The molecule has 0 bridgehead atoms. The van der Waals surface area contributed by atoms with Crippen LogP contribution in [0.3, 0.4) is 0 Å². The normalized spacial score (nSPS) is 17.5. The summed E-state index contributed by atoms with van der Waals surface area (Å²) in [7, 11) is 0. The topological polar surface area (TPSA) is 32.3 Å². The van der Waals surface area contributed by atoms with Gasteiger partial charge in [0.1, 0.15) is 5.02 Å². The Morgan fingerprint density at radius 3 is 2.59 bits per heavy atom. The van der Waals surface area contributed by atoms with Gasteiger partial charge in [0.25, 0.3) is 0 Å². The number of hydrogen-bond donors (Lipinski definition) is 0. The molecule has 94 valence electrons. The minimum atomic E-state index is 0.250. The predicted octanol–water partition coefficient (Wildman–Crippen LogP) is 2.32. The molecule has 6 heteroatoms. The van der Waals surface area contributed by atoms with E-state index in [-0.39, 0.29) is 5.28 Å². The minimum Gasteiger partial charge on any atom is -0.353 e. The Morgan fingerprint density at radius 1 is 1.24 bits per heavy atom. The molecule has 2 heterocycles. The van der Waals surface area contributed by atoms with E-state index in [0.717, 1.165) is 38.5 Å². The zero-order valence-electron chi connectivity index (χ0n) is 9.86. The fraction of sp³-hybridized carbons (Fsp3) is 0.636. The van der Waals surface area contributed by atoms with Gasteiger partial charge in [-0.25, -0.2) is 4.98 Å². The number of nitrogens with zero attached hydrogens (tertiary/aromatic N) is 4. The fourth-order valence-electron chi connectivity index (χ4n) is 2.06. The number of rotatable bonds is 3. The average molecular weight is 275 g/mol. The van der Waals surface area contributed by atoms with Crippen LogP contribution in [0.4, 0.5) is 5.82 Å². The van der Waals surface area contributed by atoms with Gasteiger partial charge in [0.2, 0.25) is 5.28 Å². The lowest BCUT2D eigenvalue weighted by atomic mass is 10.3. The maximum absolute atomic E-state index is 6.09. The van der Waals surface area contributed by atoms with Gasteiger partial charge in [-0.15, -0.1) is 0 Å². The van der Waals surface area contributed by atoms with Gasteiger partial charge < -0.3 is 4.90 Å². The van der Waals surface area contributed by atoms with Crippen LogP contribution in [-0.4, -0.2) is 47.6 Å². The number of piperazine rings is 1. The van der Waals surface area contributed by atoms with Gasteiger partial charge in [-0.2, -0.15) is 4.98 Å². The molecule has 4 nitrogen and oxygen atoms in total. The van der Waals surface area contributed by atoms with Crippen molar-refractivity contribution in [2.45, 2.75) is 13.3 Å². The molecule has 1 aromatic rings. The van der Waals surface area contributed by atoms with E-state index in [1.165, 1.54) is 6.42 Å². The van der Waals surface area contributed by atoms with Crippen LogP contribution in [-0.2, 0) is 0 Å². The molecule has 0 radical (unpaired) electrons. The van der Waals surface area contributed by atoms with Crippen molar-refractivity contribution in [3.05, 3.63) is 16.5 Å². The maximum Gasteiger partial charge on any atom is 0.224 e. The zero-order chi connectivity index (χ0) is 12.3. The Labute approximate surface area is 112 Å². The summed E-state index contributed by atoms with van der Waals surface area (Å²) in [6.45, 7) is 7.33. The van der Waals surface area contributed by atoms with Crippen molar-refractivity contribution in [2.24, 2.45) is 0 Å². The minimum absolute atomic E-state index is 0.250. The summed E-state index contributed by atoms with van der Waals surface area (Å²) in [5, 5.41) is 0.818. The van der Waals surface area contributed by atoms with E-state index in [4.69, 9.17) is 23.2 Å². The number of hydrogen-bond acceptors (Lipinski definition) is 4. The van der Waals surface area contributed by atoms with Gasteiger partial charge in [0.05, 0.1) is 6.20 Å². The molecular weight excluding hydrogens is 259 g/mol. The van der Waals surface area contributed by atoms with Crippen LogP contribution in [0.2, 0.25) is 10.3 Å². The number of halogens is 2. The van der Waals surface area contributed by atoms with Crippen LogP contribution in [0.25, 0.3) is 0 Å². The molecule has 1 saturated heterocycles. The standard InChI is InChI=1S/C11H16Cl2N4/c1-2-3-16-4-6-17(7-5-16)10-9(12)8-14-11(13)15-10/h8H,2-7H2,1H3. The monoisotopic (exact) mass is 274 g/mol. The van der Waals surface area contributed by atoms with Crippen LogP contribution in [0.1, 0.15) is 13.3 Å². The third-order valence-corrected chi connectivity index (χ3v) is 3.36. The maximum atomic E-state index is 6.09. The summed E-state index contributed by atoms with van der Waals surface area (Å²) < 4.78 is 0. The first kappa shape index (κ1) is 12.9. The van der Waals surface area contributed by atoms with Crippen molar-refractivity contribution in [1.29, 1.82) is 0 Å². The number of aromatic nitrogens is 2. The van der Waals surface area contributed by atoms with Gasteiger partial charge in [-0.1, -0.05) is 18.5 Å². The Kier molecular flexibility index (Phi) is 4.42. The van der Waals surface area contributed by atoms with Gasteiger partial charge in [0.15, 0.2) is 5.82 Å². The summed E-state index contributed by atoms with van der Waals surface area (Å²) in [5.41, 5.74) is 0. The molecule has 0 amide bonds. The van der Waals surface area contributed by atoms with Crippen LogP contribution in [0.15, 0.2) is 6.20 Å². The molecule has 2 rings (SSSR count). The highest BCUT2D eigenvalue weighted by Crippen LogP contribution is 2.24. The van der Waals surface area contributed by atoms with Crippen LogP contribution in [0, 0.1) is 0 Å². The highest BCUT2D eigenvalue weighted by molar-refractivity contribution is 6.33. The van der Waals surface area contributed by atoms with Gasteiger partial charge >= 0.3 is 0 Å². The van der Waals surface area contributed by atoms with Crippen molar-refractivity contribution in [3.8, 4) is 0 Å². The van der Waals surface area contributed by atoms with E-state index < -0.39 is 0 Å². The first-order chi connectivity index (χ1) is 8.20. The lowest BCUT2D eigenvalue weighted by Gasteiger charge is -2.35. The second-order valence-electron chi connectivity index (χ2n) is 4.14. The van der Waals surface area contributed by atoms with Crippen molar-refractivity contribution >= 4 is 29.0 Å². The summed E-state index contributed by atoms with van der Waals surface area (Å²) in [4.78, 5) is 12.7. The Morgan fingerprint density at radius 2 is 1.94 bits per heavy atom. The van der Waals surface area contributed by atoms with E-state index in [1.54, 1.807) is 6.20 Å². The van der Waals surface area contributed by atoms with Gasteiger partial charge in [0, 0.05) is 26.2 Å². The first-order valence-corrected chi connectivity index (χ1v) is 6.61. The quantitative estimate of drug-likeness (QED) is 0.792. The molecule has 1 aromatic heterocycles. The van der Waals surface area contributed by atoms with Crippen LogP contribution >= 0.6 is 23.2 Å². The van der Waals surface area contributed by atoms with Crippen molar-refractivity contribution in [3.63, 3.8) is 0 Å². The molecular formula is C11H16Cl2N4. The van der Waals surface area contributed by atoms with E-state index in [9.17, 15) is 0 Å². The van der Waals surface area contributed by atoms with Crippen LogP contribution in [0.5, 0.6) is 0 Å². The summed E-state index contributed by atoms with van der Waals surface area (Å²) >= 11 is 11.9. The second-order valence-corrected chi connectivity index (χ2v) is 4.88. The largest absolute Gasteiger partial charge is 0.353 e. The molecule has 1 fully saturated rings. The molecule has 0 atom stereocenters. The van der Waals surface area contributed by atoms with Crippen LogP contribution < -0.4 is 4.90 Å². The van der Waals surface area contributed by atoms with Crippen molar-refractivity contribution in [2.75, 3.05) is 37.6 Å². The molecule has 0 saturated carbocycles. The third-order valence-electron chi connectivity index (χ3n) is 2.91. The first-order valence-electron chi connectivity index (χ1n) is 5.86. The van der Waals surface area contributed by atoms with Gasteiger partial charge in [-0.3, -0.25) is 4.90 Å². The Bertz CT molecular complexity index is 378. The highest BCUT2D eigenvalue weighted by atomic mass is 35.5. The average Bonchev–Trinajstić information content (AvgIpc) is 2.34. The smallest absolute Gasteiger partial charge is 0.224 e. The Hall–Kier alpha value is -0.580. The lowest BCUT2D eigenvalue weighted by molar-refractivity contribution is 0.258. The van der Waals surface area contributed by atoms with E-state index in [2.05, 4.69) is 26.7 Å². The molecule has 0 aromatic carbocycles. The predicted molar refractivity (Wildman–Crippen MR) is 71.0 cm³/mol. The zero-order valence-corrected chi connectivity index (χ0v) is 11.4. The Balaban J connectivity index is 2.02. The van der Waals surface area contributed by atoms with Crippen molar-refractivity contribution in [1.82, 2.24) is 14.9 Å². The molecule has 1 aliphatic heterocycles. The summed E-state index contributed by atoms with van der Waals surface area (Å²) in [5.74, 6) is 0.753. The highest BCUT2D eigenvalue weighted by Gasteiger charge is 2.19. The van der Waals surface area contributed by atoms with E-state index in [1.807, 2.05) is 0 Å². The third kappa shape index (κ3) is 3.21. The molecule has 0 unspecified atom stereocenters. The SMILES string of the molecule is CCCN1CCN(c2nc(Cl)ncc2Cl)CC1. The number of anilines is 1. The molecule has 1 aliphatic rings.